The lowest BCUT2D eigenvalue weighted by atomic mass is 9.76. The van der Waals surface area contributed by atoms with Gasteiger partial charge in [-0.15, -0.1) is 0 Å². The Balaban J connectivity index is 1.23. The van der Waals surface area contributed by atoms with E-state index in [-0.39, 0.29) is 0 Å². The van der Waals surface area contributed by atoms with Crippen LogP contribution in [-0.4, -0.2) is 49.7 Å². The maximum atomic E-state index is 6.13. The minimum atomic E-state index is 0.592. The standard InChI is InChI=1S/C31H52ClN3/c1-4-33-30-10-6-9-28(20-30)27-8-5-7-24(19-27)21-34-31(23(2)3)22-35-17-15-26(16-18-35)25-11-13-29(32)14-12-25/h11,13-14,19,23-26,28,30-31,33-34H,4-10,12,15-18,20-22H2,1-3H3/t24?,25?,28?,30?,31-/m0/s1. The number of hydrogen-bond acceptors (Lipinski definition) is 3. The van der Waals surface area contributed by atoms with E-state index in [0.717, 1.165) is 48.3 Å². The molecule has 0 aromatic carbocycles. The minimum absolute atomic E-state index is 0.592. The van der Waals surface area contributed by atoms with Gasteiger partial charge in [0.2, 0.25) is 0 Å². The van der Waals surface area contributed by atoms with Gasteiger partial charge < -0.3 is 15.5 Å². The fourth-order valence-electron chi connectivity index (χ4n) is 7.16. The van der Waals surface area contributed by atoms with E-state index in [4.69, 9.17) is 11.6 Å². The first kappa shape index (κ1) is 27.4. The van der Waals surface area contributed by atoms with Gasteiger partial charge in [0.25, 0.3) is 0 Å². The molecule has 4 rings (SSSR count). The zero-order valence-electron chi connectivity index (χ0n) is 22.8. The molecule has 0 amide bonds. The second kappa shape index (κ2) is 13.8. The van der Waals surface area contributed by atoms with E-state index in [1.165, 1.54) is 77.4 Å². The van der Waals surface area contributed by atoms with Gasteiger partial charge in [0.1, 0.15) is 0 Å². The Bertz CT molecular complexity index is 732. The summed E-state index contributed by atoms with van der Waals surface area (Å²) in [5.74, 6) is 3.76. The molecule has 198 valence electrons. The Morgan fingerprint density at radius 1 is 1.09 bits per heavy atom. The molecule has 0 radical (unpaired) electrons. The summed E-state index contributed by atoms with van der Waals surface area (Å²) in [4.78, 5) is 2.73. The molecular weight excluding hydrogens is 450 g/mol. The topological polar surface area (TPSA) is 27.3 Å². The highest BCUT2D eigenvalue weighted by molar-refractivity contribution is 6.31. The smallest absolute Gasteiger partial charge is 0.0363 e. The van der Waals surface area contributed by atoms with Crippen molar-refractivity contribution in [3.63, 3.8) is 0 Å². The lowest BCUT2D eigenvalue weighted by molar-refractivity contribution is 0.138. The van der Waals surface area contributed by atoms with Crippen LogP contribution in [-0.2, 0) is 0 Å². The third kappa shape index (κ3) is 8.19. The van der Waals surface area contributed by atoms with Crippen molar-refractivity contribution in [2.45, 2.75) is 97.1 Å². The number of allylic oxidation sites excluding steroid dienone is 5. The number of piperidine rings is 1. The number of likely N-dealkylation sites (tertiary alicyclic amines) is 1. The molecule has 1 saturated heterocycles. The Morgan fingerprint density at radius 3 is 2.63 bits per heavy atom. The Kier molecular flexibility index (Phi) is 10.8. The predicted molar refractivity (Wildman–Crippen MR) is 152 cm³/mol. The van der Waals surface area contributed by atoms with Crippen molar-refractivity contribution < 1.29 is 0 Å². The van der Waals surface area contributed by atoms with Gasteiger partial charge in [0.15, 0.2) is 0 Å². The van der Waals surface area contributed by atoms with Gasteiger partial charge in [-0.2, -0.15) is 0 Å². The molecule has 0 aromatic rings. The van der Waals surface area contributed by atoms with E-state index in [1.807, 2.05) is 0 Å². The summed E-state index contributed by atoms with van der Waals surface area (Å²) < 4.78 is 0. The quantitative estimate of drug-likeness (QED) is 0.318. The number of nitrogens with one attached hydrogen (secondary N) is 2. The SMILES string of the molecule is CCNC1CCCC(C2=CC(CN[C@@H](CN3CCC(C4C=CC(Cl)=CC4)CC3)C(C)C)CCC2)C1. The van der Waals surface area contributed by atoms with Gasteiger partial charge in [0, 0.05) is 30.2 Å². The number of hydrogen-bond donors (Lipinski definition) is 2. The molecule has 35 heavy (non-hydrogen) atoms. The first-order valence-corrected chi connectivity index (χ1v) is 15.3. The van der Waals surface area contributed by atoms with Crippen LogP contribution < -0.4 is 10.6 Å². The average Bonchev–Trinajstić information content (AvgIpc) is 2.88. The van der Waals surface area contributed by atoms with E-state index in [1.54, 1.807) is 5.57 Å². The predicted octanol–water partition coefficient (Wildman–Crippen LogP) is 6.91. The van der Waals surface area contributed by atoms with Gasteiger partial charge in [-0.3, -0.25) is 0 Å². The van der Waals surface area contributed by atoms with Crippen molar-refractivity contribution in [3.8, 4) is 0 Å². The first-order valence-electron chi connectivity index (χ1n) is 14.9. The lowest BCUT2D eigenvalue weighted by Gasteiger charge is -2.38. The Hall–Kier alpha value is -0.610. The number of nitrogens with zero attached hydrogens (tertiary/aromatic N) is 1. The normalized spacial score (nSPS) is 31.9. The molecule has 0 aromatic heterocycles. The van der Waals surface area contributed by atoms with Crippen molar-refractivity contribution in [1.82, 2.24) is 15.5 Å². The van der Waals surface area contributed by atoms with Crippen LogP contribution in [0.15, 0.2) is 34.9 Å². The molecule has 0 spiro atoms. The molecule has 1 saturated carbocycles. The van der Waals surface area contributed by atoms with Gasteiger partial charge in [-0.25, -0.2) is 0 Å². The highest BCUT2D eigenvalue weighted by Crippen LogP contribution is 2.36. The van der Waals surface area contributed by atoms with Crippen LogP contribution in [0.5, 0.6) is 0 Å². The summed E-state index contributed by atoms with van der Waals surface area (Å²) in [6, 6.07) is 1.34. The van der Waals surface area contributed by atoms with Gasteiger partial charge >= 0.3 is 0 Å². The minimum Gasteiger partial charge on any atom is -0.314 e. The van der Waals surface area contributed by atoms with E-state index in [9.17, 15) is 0 Å². The van der Waals surface area contributed by atoms with Gasteiger partial charge in [0.05, 0.1) is 0 Å². The summed E-state index contributed by atoms with van der Waals surface area (Å²) >= 11 is 6.13. The molecule has 4 heteroatoms. The largest absolute Gasteiger partial charge is 0.314 e. The van der Waals surface area contributed by atoms with Crippen LogP contribution in [0.3, 0.4) is 0 Å². The van der Waals surface area contributed by atoms with Crippen LogP contribution in [0.2, 0.25) is 0 Å². The summed E-state index contributed by atoms with van der Waals surface area (Å²) in [5.41, 5.74) is 1.79. The zero-order valence-corrected chi connectivity index (χ0v) is 23.5. The van der Waals surface area contributed by atoms with E-state index >= 15 is 0 Å². The molecule has 2 N–H and O–H groups in total. The summed E-state index contributed by atoms with van der Waals surface area (Å²) in [7, 11) is 0. The lowest BCUT2D eigenvalue weighted by Crippen LogP contribution is -2.48. The second-order valence-electron chi connectivity index (χ2n) is 12.3. The van der Waals surface area contributed by atoms with Crippen LogP contribution >= 0.6 is 11.6 Å². The fraction of sp³-hybridized carbons (Fsp3) is 0.806. The molecular formula is C31H52ClN3. The second-order valence-corrected chi connectivity index (χ2v) is 12.7. The zero-order chi connectivity index (χ0) is 24.6. The molecule has 0 bridgehead atoms. The fourth-order valence-corrected chi connectivity index (χ4v) is 7.32. The molecule has 3 aliphatic carbocycles. The van der Waals surface area contributed by atoms with Crippen LogP contribution in [0.4, 0.5) is 0 Å². The molecule has 1 aliphatic heterocycles. The van der Waals surface area contributed by atoms with Crippen LogP contribution in [0, 0.1) is 29.6 Å². The van der Waals surface area contributed by atoms with Crippen molar-refractivity contribution in [1.29, 1.82) is 0 Å². The van der Waals surface area contributed by atoms with Gasteiger partial charge in [-0.1, -0.05) is 62.6 Å². The maximum Gasteiger partial charge on any atom is 0.0363 e. The van der Waals surface area contributed by atoms with E-state index in [2.05, 4.69) is 60.6 Å². The van der Waals surface area contributed by atoms with E-state index in [0.29, 0.717) is 17.9 Å². The van der Waals surface area contributed by atoms with Crippen LogP contribution in [0.25, 0.3) is 0 Å². The first-order chi connectivity index (χ1) is 17.0. The molecule has 2 fully saturated rings. The summed E-state index contributed by atoms with van der Waals surface area (Å²) in [5, 5.41) is 8.68. The van der Waals surface area contributed by atoms with Crippen molar-refractivity contribution in [2.75, 3.05) is 32.7 Å². The van der Waals surface area contributed by atoms with Crippen molar-refractivity contribution in [2.24, 2.45) is 29.6 Å². The molecule has 5 atom stereocenters. The van der Waals surface area contributed by atoms with Crippen molar-refractivity contribution in [3.05, 3.63) is 34.9 Å². The highest BCUT2D eigenvalue weighted by Gasteiger charge is 2.29. The maximum absolute atomic E-state index is 6.13. The van der Waals surface area contributed by atoms with Crippen LogP contribution in [0.1, 0.15) is 85.0 Å². The molecule has 3 nitrogen and oxygen atoms in total. The van der Waals surface area contributed by atoms with E-state index < -0.39 is 0 Å². The number of halogens is 1. The Labute approximate surface area is 221 Å². The molecule has 4 unspecified atom stereocenters. The highest BCUT2D eigenvalue weighted by atomic mass is 35.5. The third-order valence-electron chi connectivity index (χ3n) is 9.41. The van der Waals surface area contributed by atoms with Gasteiger partial charge in [-0.05, 0) is 113 Å². The average molecular weight is 502 g/mol. The summed E-state index contributed by atoms with van der Waals surface area (Å²) in [6.07, 6.45) is 22.8. The monoisotopic (exact) mass is 501 g/mol. The third-order valence-corrected chi connectivity index (χ3v) is 9.69. The Morgan fingerprint density at radius 2 is 1.91 bits per heavy atom. The number of rotatable bonds is 10. The van der Waals surface area contributed by atoms with Crippen molar-refractivity contribution >= 4 is 11.6 Å². The molecule has 4 aliphatic rings. The summed E-state index contributed by atoms with van der Waals surface area (Å²) in [6.45, 7) is 13.0. The molecule has 1 heterocycles.